The van der Waals surface area contributed by atoms with Crippen LogP contribution in [-0.2, 0) is 0 Å². The fourth-order valence-corrected chi connectivity index (χ4v) is 4.85. The number of hydrogen-bond donors (Lipinski definition) is 0. The second-order valence-electron chi connectivity index (χ2n) is 9.72. The van der Waals surface area contributed by atoms with Crippen LogP contribution in [0, 0.1) is 11.3 Å². The van der Waals surface area contributed by atoms with Crippen LogP contribution in [0.25, 0.3) is 67.7 Å². The minimum Gasteiger partial charge on any atom is -0.244 e. The lowest BCUT2D eigenvalue weighted by atomic mass is 10.0. The number of fused-ring (bicyclic) bond motifs is 1. The second-order valence-corrected chi connectivity index (χ2v) is 9.72. The monoisotopic (exact) mass is 538 g/mol. The summed E-state index contributed by atoms with van der Waals surface area (Å²) in [7, 11) is 0. The van der Waals surface area contributed by atoms with Gasteiger partial charge in [0.15, 0.2) is 17.5 Å². The molecule has 0 spiro atoms. The van der Waals surface area contributed by atoms with Crippen molar-refractivity contribution < 1.29 is 0 Å². The van der Waals surface area contributed by atoms with Crippen molar-refractivity contribution in [1.29, 1.82) is 5.26 Å². The molecule has 0 aliphatic heterocycles. The van der Waals surface area contributed by atoms with E-state index >= 15 is 0 Å². The summed E-state index contributed by atoms with van der Waals surface area (Å²) in [6.07, 6.45) is 0. The summed E-state index contributed by atoms with van der Waals surface area (Å²) in [6.45, 7) is 0. The molecule has 0 saturated carbocycles. The van der Waals surface area contributed by atoms with Gasteiger partial charge in [-0.25, -0.2) is 24.9 Å². The molecule has 0 aliphatic carbocycles. The molecule has 0 bridgehead atoms. The van der Waals surface area contributed by atoms with E-state index < -0.39 is 0 Å². The zero-order valence-corrected chi connectivity index (χ0v) is 22.4. The van der Waals surface area contributed by atoms with Gasteiger partial charge in [0, 0.05) is 27.8 Å². The van der Waals surface area contributed by atoms with Gasteiger partial charge in [-0.1, -0.05) is 103 Å². The van der Waals surface area contributed by atoms with Gasteiger partial charge < -0.3 is 0 Å². The second kappa shape index (κ2) is 10.8. The first-order chi connectivity index (χ1) is 20.7. The third-order valence-corrected chi connectivity index (χ3v) is 6.95. The first-order valence-electron chi connectivity index (χ1n) is 13.5. The largest absolute Gasteiger partial charge is 0.244 e. The summed E-state index contributed by atoms with van der Waals surface area (Å²) in [5.41, 5.74) is 8.10. The highest BCUT2D eigenvalue weighted by molar-refractivity contribution is 5.87. The Balaban J connectivity index is 1.40. The molecule has 6 heteroatoms. The number of aromatic nitrogens is 5. The molecule has 5 aromatic carbocycles. The lowest BCUT2D eigenvalue weighted by Gasteiger charge is -2.12. The SMILES string of the molecule is N#Cc1ccc(-c2nc3ccccc3nc2-c2cccc(-c3nc(-c4ccccc4)nc(-c4ccccc4)n3)c2)cc1. The van der Waals surface area contributed by atoms with Crippen LogP contribution in [0.5, 0.6) is 0 Å². The molecule has 0 radical (unpaired) electrons. The maximum atomic E-state index is 9.30. The van der Waals surface area contributed by atoms with Gasteiger partial charge in [-0.05, 0) is 30.3 Å². The fourth-order valence-electron chi connectivity index (χ4n) is 4.85. The first kappa shape index (κ1) is 24.9. The quantitative estimate of drug-likeness (QED) is 0.220. The molecule has 0 fully saturated rings. The summed E-state index contributed by atoms with van der Waals surface area (Å²) >= 11 is 0. The Bertz CT molecular complexity index is 2030. The maximum absolute atomic E-state index is 9.30. The summed E-state index contributed by atoms with van der Waals surface area (Å²) < 4.78 is 0. The minimum atomic E-state index is 0.568. The predicted molar refractivity (Wildman–Crippen MR) is 165 cm³/mol. The Labute approximate surface area is 242 Å². The third-order valence-electron chi connectivity index (χ3n) is 6.95. The van der Waals surface area contributed by atoms with Crippen LogP contribution in [0.4, 0.5) is 0 Å². The van der Waals surface area contributed by atoms with Gasteiger partial charge in [0.2, 0.25) is 0 Å². The van der Waals surface area contributed by atoms with Crippen LogP contribution in [0.3, 0.4) is 0 Å². The zero-order valence-electron chi connectivity index (χ0n) is 22.4. The first-order valence-corrected chi connectivity index (χ1v) is 13.5. The van der Waals surface area contributed by atoms with Crippen molar-refractivity contribution >= 4 is 11.0 Å². The van der Waals surface area contributed by atoms with E-state index in [1.807, 2.05) is 121 Å². The number of nitriles is 1. The molecule has 6 nitrogen and oxygen atoms in total. The van der Waals surface area contributed by atoms with E-state index in [9.17, 15) is 5.26 Å². The number of nitrogens with zero attached hydrogens (tertiary/aromatic N) is 6. The van der Waals surface area contributed by atoms with Crippen molar-refractivity contribution in [2.75, 3.05) is 0 Å². The summed E-state index contributed by atoms with van der Waals surface area (Å²) in [6, 6.07) is 45.3. The highest BCUT2D eigenvalue weighted by Gasteiger charge is 2.16. The van der Waals surface area contributed by atoms with E-state index in [1.54, 1.807) is 12.1 Å². The molecule has 0 amide bonds. The van der Waals surface area contributed by atoms with Crippen LogP contribution in [0.15, 0.2) is 133 Å². The Hall–Kier alpha value is -6.06. The van der Waals surface area contributed by atoms with Crippen LogP contribution in [0.1, 0.15) is 5.56 Å². The van der Waals surface area contributed by atoms with Crippen LogP contribution in [-0.4, -0.2) is 24.9 Å². The molecule has 7 aromatic rings. The summed E-state index contributed by atoms with van der Waals surface area (Å²) in [5.74, 6) is 1.78. The minimum absolute atomic E-state index is 0.568. The molecule has 42 heavy (non-hydrogen) atoms. The molecule has 2 aromatic heterocycles. The van der Waals surface area contributed by atoms with Crippen molar-refractivity contribution in [3.63, 3.8) is 0 Å². The lowest BCUT2D eigenvalue weighted by molar-refractivity contribution is 1.07. The Morgan fingerprint density at radius 2 is 0.833 bits per heavy atom. The van der Waals surface area contributed by atoms with Crippen LogP contribution < -0.4 is 0 Å². The molecule has 0 N–H and O–H groups in total. The van der Waals surface area contributed by atoms with E-state index in [0.717, 1.165) is 50.2 Å². The molecule has 0 unspecified atom stereocenters. The third kappa shape index (κ3) is 4.87. The Kier molecular flexibility index (Phi) is 6.44. The van der Waals surface area contributed by atoms with Gasteiger partial charge in [-0.2, -0.15) is 5.26 Å². The van der Waals surface area contributed by atoms with Crippen molar-refractivity contribution in [1.82, 2.24) is 24.9 Å². The average molecular weight is 539 g/mol. The molecular weight excluding hydrogens is 516 g/mol. The highest BCUT2D eigenvalue weighted by Crippen LogP contribution is 2.33. The predicted octanol–water partition coefficient (Wildman–Crippen LogP) is 8.02. The van der Waals surface area contributed by atoms with E-state index in [0.29, 0.717) is 23.0 Å². The highest BCUT2D eigenvalue weighted by atomic mass is 15.0. The smallest absolute Gasteiger partial charge is 0.164 e. The average Bonchev–Trinajstić information content (AvgIpc) is 3.08. The van der Waals surface area contributed by atoms with Crippen molar-refractivity contribution in [3.05, 3.63) is 139 Å². The fraction of sp³-hybridized carbons (Fsp3) is 0. The molecule has 0 aliphatic rings. The topological polar surface area (TPSA) is 88.2 Å². The number of rotatable bonds is 5. The molecule has 2 heterocycles. The molecule has 7 rings (SSSR count). The Morgan fingerprint density at radius 3 is 1.38 bits per heavy atom. The van der Waals surface area contributed by atoms with Crippen molar-refractivity contribution in [3.8, 4) is 62.7 Å². The van der Waals surface area contributed by atoms with Gasteiger partial charge in [-0.15, -0.1) is 0 Å². The lowest BCUT2D eigenvalue weighted by Crippen LogP contribution is -2.00. The van der Waals surface area contributed by atoms with Gasteiger partial charge in [0.25, 0.3) is 0 Å². The normalized spacial score (nSPS) is 10.8. The van der Waals surface area contributed by atoms with Crippen LogP contribution >= 0.6 is 0 Å². The van der Waals surface area contributed by atoms with Gasteiger partial charge in [0.05, 0.1) is 34.1 Å². The number of hydrogen-bond acceptors (Lipinski definition) is 6. The van der Waals surface area contributed by atoms with E-state index in [1.165, 1.54) is 0 Å². The van der Waals surface area contributed by atoms with Crippen molar-refractivity contribution in [2.45, 2.75) is 0 Å². The molecular formula is C36H22N6. The number of para-hydroxylation sites is 2. The van der Waals surface area contributed by atoms with E-state index in [2.05, 4.69) is 6.07 Å². The maximum Gasteiger partial charge on any atom is 0.164 e. The Morgan fingerprint density at radius 1 is 0.381 bits per heavy atom. The molecule has 196 valence electrons. The van der Waals surface area contributed by atoms with E-state index in [-0.39, 0.29) is 0 Å². The molecule has 0 atom stereocenters. The van der Waals surface area contributed by atoms with Gasteiger partial charge >= 0.3 is 0 Å². The number of benzene rings is 5. The van der Waals surface area contributed by atoms with Gasteiger partial charge in [-0.3, -0.25) is 0 Å². The van der Waals surface area contributed by atoms with E-state index in [4.69, 9.17) is 24.9 Å². The van der Waals surface area contributed by atoms with Crippen molar-refractivity contribution in [2.24, 2.45) is 0 Å². The standard InChI is InChI=1S/C36H22N6/c37-23-24-18-20-25(21-19-24)32-33(39-31-17-8-7-16-30(31)38-32)28-14-9-15-29(22-28)36-41-34(26-10-3-1-4-11-26)40-35(42-36)27-12-5-2-6-13-27/h1-22H. The summed E-state index contributed by atoms with van der Waals surface area (Å²) in [4.78, 5) is 24.7. The zero-order chi connectivity index (χ0) is 28.3. The summed E-state index contributed by atoms with van der Waals surface area (Å²) in [5, 5.41) is 9.30. The molecule has 0 saturated heterocycles. The van der Waals surface area contributed by atoms with Crippen LogP contribution in [0.2, 0.25) is 0 Å². The van der Waals surface area contributed by atoms with Gasteiger partial charge in [0.1, 0.15) is 0 Å².